The van der Waals surface area contributed by atoms with E-state index in [0.717, 1.165) is 23.0 Å². The highest BCUT2D eigenvalue weighted by Gasteiger charge is 2.28. The number of alkyl halides is 3. The smallest absolute Gasteiger partial charge is 0.319 e. The Morgan fingerprint density at radius 2 is 2.00 bits per heavy atom. The molecule has 0 fully saturated rings. The zero-order chi connectivity index (χ0) is 14.3. The quantitative estimate of drug-likeness (QED) is 0.774. The molecular formula is C13H17BrF3NS. The van der Waals surface area contributed by atoms with Crippen LogP contribution >= 0.6 is 27.7 Å². The standard InChI is InChI=1S/C13H17BrF3NS/c1-18-9-10(6-7-19-13(15,16)17)8-11-4-2-3-5-12(11)14/h2-5,10,18H,6-9H2,1H3. The number of halogens is 4. The minimum Gasteiger partial charge on any atom is -0.319 e. The molecule has 1 aromatic rings. The Bertz CT molecular complexity index is 384. The van der Waals surface area contributed by atoms with E-state index in [2.05, 4.69) is 21.2 Å². The molecule has 108 valence electrons. The molecule has 0 amide bonds. The summed E-state index contributed by atoms with van der Waals surface area (Å²) in [5, 5.41) is 3.05. The average Bonchev–Trinajstić information content (AvgIpc) is 2.30. The Morgan fingerprint density at radius 1 is 1.32 bits per heavy atom. The molecule has 1 rings (SSSR count). The van der Waals surface area contributed by atoms with Crippen molar-refractivity contribution in [2.45, 2.75) is 18.3 Å². The molecule has 0 aliphatic heterocycles. The minimum absolute atomic E-state index is 0.0630. The summed E-state index contributed by atoms with van der Waals surface area (Å²) in [6, 6.07) is 7.83. The van der Waals surface area contributed by atoms with Crippen molar-refractivity contribution in [3.63, 3.8) is 0 Å². The molecule has 1 N–H and O–H groups in total. The highest BCUT2D eigenvalue weighted by molar-refractivity contribution is 9.10. The topological polar surface area (TPSA) is 12.0 Å². The van der Waals surface area contributed by atoms with E-state index >= 15 is 0 Å². The van der Waals surface area contributed by atoms with Gasteiger partial charge in [-0.2, -0.15) is 13.2 Å². The molecule has 0 saturated heterocycles. The van der Waals surface area contributed by atoms with Crippen LogP contribution in [0.15, 0.2) is 28.7 Å². The summed E-state index contributed by atoms with van der Waals surface area (Å²) in [7, 11) is 1.82. The third kappa shape index (κ3) is 7.22. The summed E-state index contributed by atoms with van der Waals surface area (Å²) in [4.78, 5) is 0. The van der Waals surface area contributed by atoms with E-state index in [1.807, 2.05) is 31.3 Å². The van der Waals surface area contributed by atoms with E-state index in [1.165, 1.54) is 0 Å². The molecule has 0 aliphatic carbocycles. The highest BCUT2D eigenvalue weighted by atomic mass is 79.9. The molecule has 0 heterocycles. The molecule has 6 heteroatoms. The van der Waals surface area contributed by atoms with Crippen LogP contribution in [0.4, 0.5) is 13.2 Å². The summed E-state index contributed by atoms with van der Waals surface area (Å²) in [5.74, 6) is 0.318. The Hall–Kier alpha value is -0.200. The Labute approximate surface area is 124 Å². The molecule has 0 aliphatic rings. The SMILES string of the molecule is CNCC(CCSC(F)(F)F)Cc1ccccc1Br. The second-order valence-electron chi connectivity index (χ2n) is 4.30. The maximum absolute atomic E-state index is 12.1. The van der Waals surface area contributed by atoms with Gasteiger partial charge >= 0.3 is 5.51 Å². The zero-order valence-electron chi connectivity index (χ0n) is 10.6. The van der Waals surface area contributed by atoms with Gasteiger partial charge in [-0.15, -0.1) is 0 Å². The molecule has 19 heavy (non-hydrogen) atoms. The van der Waals surface area contributed by atoms with Crippen LogP contribution in [-0.4, -0.2) is 24.9 Å². The molecule has 1 unspecified atom stereocenters. The molecule has 0 aromatic heterocycles. The van der Waals surface area contributed by atoms with Crippen molar-refractivity contribution >= 4 is 27.7 Å². The average molecular weight is 356 g/mol. The van der Waals surface area contributed by atoms with Crippen molar-refractivity contribution in [1.82, 2.24) is 5.32 Å². The Kier molecular flexibility index (Phi) is 7.25. The first-order valence-electron chi connectivity index (χ1n) is 6.01. The fraction of sp³-hybridized carbons (Fsp3) is 0.538. The van der Waals surface area contributed by atoms with Crippen molar-refractivity contribution in [3.05, 3.63) is 34.3 Å². The van der Waals surface area contributed by atoms with Crippen LogP contribution in [0.1, 0.15) is 12.0 Å². The van der Waals surface area contributed by atoms with E-state index < -0.39 is 5.51 Å². The van der Waals surface area contributed by atoms with Gasteiger partial charge in [0.25, 0.3) is 0 Å². The van der Waals surface area contributed by atoms with Gasteiger partial charge in [-0.25, -0.2) is 0 Å². The first-order chi connectivity index (χ1) is 8.92. The normalized spacial score (nSPS) is 13.5. The number of hydrogen-bond acceptors (Lipinski definition) is 2. The van der Waals surface area contributed by atoms with E-state index in [9.17, 15) is 13.2 Å². The van der Waals surface area contributed by atoms with Crippen LogP contribution in [-0.2, 0) is 6.42 Å². The van der Waals surface area contributed by atoms with Crippen molar-refractivity contribution in [2.75, 3.05) is 19.3 Å². The van der Waals surface area contributed by atoms with Crippen molar-refractivity contribution in [2.24, 2.45) is 5.92 Å². The van der Waals surface area contributed by atoms with Gasteiger partial charge in [0.05, 0.1) is 0 Å². The fourth-order valence-electron chi connectivity index (χ4n) is 1.88. The summed E-state index contributed by atoms with van der Waals surface area (Å²) in [5.41, 5.74) is -2.99. The number of nitrogens with one attached hydrogen (secondary N) is 1. The van der Waals surface area contributed by atoms with Crippen LogP contribution in [0.3, 0.4) is 0 Å². The van der Waals surface area contributed by atoms with Gasteiger partial charge in [0.2, 0.25) is 0 Å². The number of thioether (sulfide) groups is 1. The molecule has 1 aromatic carbocycles. The third-order valence-electron chi connectivity index (χ3n) is 2.75. The maximum Gasteiger partial charge on any atom is 0.441 e. The van der Waals surface area contributed by atoms with E-state index in [1.54, 1.807) is 0 Å². The Morgan fingerprint density at radius 3 is 2.58 bits per heavy atom. The summed E-state index contributed by atoms with van der Waals surface area (Å²) in [6.07, 6.45) is 1.33. The van der Waals surface area contributed by atoms with Gasteiger partial charge in [-0.05, 0) is 44.0 Å². The van der Waals surface area contributed by atoms with Crippen molar-refractivity contribution in [3.8, 4) is 0 Å². The van der Waals surface area contributed by atoms with Gasteiger partial charge < -0.3 is 5.32 Å². The zero-order valence-corrected chi connectivity index (χ0v) is 13.0. The monoisotopic (exact) mass is 355 g/mol. The molecule has 1 nitrogen and oxygen atoms in total. The Balaban J connectivity index is 2.51. The second kappa shape index (κ2) is 8.17. The lowest BCUT2D eigenvalue weighted by molar-refractivity contribution is -0.0328. The molecule has 1 atom stereocenters. The predicted molar refractivity (Wildman–Crippen MR) is 78.4 cm³/mol. The van der Waals surface area contributed by atoms with Gasteiger partial charge in [0.15, 0.2) is 0 Å². The maximum atomic E-state index is 12.1. The lowest BCUT2D eigenvalue weighted by Gasteiger charge is -2.17. The highest BCUT2D eigenvalue weighted by Crippen LogP contribution is 2.32. The third-order valence-corrected chi connectivity index (χ3v) is 4.29. The van der Waals surface area contributed by atoms with Gasteiger partial charge in [-0.3, -0.25) is 0 Å². The summed E-state index contributed by atoms with van der Waals surface area (Å²) in [6.45, 7) is 0.722. The molecule has 0 spiro atoms. The molecular weight excluding hydrogens is 339 g/mol. The minimum atomic E-state index is -4.13. The van der Waals surface area contributed by atoms with Crippen molar-refractivity contribution < 1.29 is 13.2 Å². The van der Waals surface area contributed by atoms with E-state index in [4.69, 9.17) is 0 Å². The predicted octanol–water partition coefficient (Wildman–Crippen LogP) is 4.47. The van der Waals surface area contributed by atoms with Gasteiger partial charge in [-0.1, -0.05) is 45.9 Å². The molecule has 0 saturated carbocycles. The lowest BCUT2D eigenvalue weighted by Crippen LogP contribution is -2.22. The van der Waals surface area contributed by atoms with Crippen LogP contribution in [0.5, 0.6) is 0 Å². The molecule has 0 radical (unpaired) electrons. The summed E-state index contributed by atoms with van der Waals surface area (Å²) >= 11 is 3.53. The van der Waals surface area contributed by atoms with Crippen LogP contribution in [0, 0.1) is 5.92 Å². The second-order valence-corrected chi connectivity index (χ2v) is 6.32. The first kappa shape index (κ1) is 16.9. The fourth-order valence-corrected chi connectivity index (χ4v) is 3.01. The summed E-state index contributed by atoms with van der Waals surface area (Å²) < 4.78 is 37.4. The van der Waals surface area contributed by atoms with E-state index in [0.29, 0.717) is 6.42 Å². The van der Waals surface area contributed by atoms with E-state index in [-0.39, 0.29) is 23.4 Å². The number of hydrogen-bond donors (Lipinski definition) is 1. The van der Waals surface area contributed by atoms with Gasteiger partial charge in [0, 0.05) is 10.2 Å². The van der Waals surface area contributed by atoms with Crippen molar-refractivity contribution in [1.29, 1.82) is 0 Å². The van der Waals surface area contributed by atoms with Gasteiger partial charge in [0.1, 0.15) is 0 Å². The number of benzene rings is 1. The lowest BCUT2D eigenvalue weighted by atomic mass is 9.97. The van der Waals surface area contributed by atoms with Crippen LogP contribution < -0.4 is 5.32 Å². The number of rotatable bonds is 7. The largest absolute Gasteiger partial charge is 0.441 e. The molecule has 0 bridgehead atoms. The van der Waals surface area contributed by atoms with Crippen LogP contribution in [0.25, 0.3) is 0 Å². The van der Waals surface area contributed by atoms with Crippen LogP contribution in [0.2, 0.25) is 0 Å². The first-order valence-corrected chi connectivity index (χ1v) is 7.79.